The maximum atomic E-state index is 12.3. The molecule has 0 spiro atoms. The van der Waals surface area contributed by atoms with Crippen LogP contribution in [-0.4, -0.2) is 7.85 Å². The van der Waals surface area contributed by atoms with Crippen LogP contribution in [0, 0.1) is 6.92 Å². The Kier molecular flexibility index (Phi) is 2.28. The number of benzene rings is 1. The first-order chi connectivity index (χ1) is 5.82. The molecular weight excluding hydrogens is 178 g/mol. The van der Waals surface area contributed by atoms with E-state index in [4.69, 9.17) is 13.6 Å². The first-order valence-corrected chi connectivity index (χ1v) is 3.55. The number of anilines is 1. The van der Waals surface area contributed by atoms with E-state index < -0.39 is 17.4 Å². The second-order valence-corrected chi connectivity index (χ2v) is 2.81. The van der Waals surface area contributed by atoms with Crippen LogP contribution in [0.3, 0.4) is 0 Å². The van der Waals surface area contributed by atoms with Crippen molar-refractivity contribution in [1.82, 2.24) is 0 Å². The molecule has 0 saturated heterocycles. The first-order valence-electron chi connectivity index (χ1n) is 3.55. The molecule has 0 amide bonds. The van der Waals surface area contributed by atoms with Gasteiger partial charge in [0.2, 0.25) is 0 Å². The third kappa shape index (κ3) is 1.97. The van der Waals surface area contributed by atoms with Crippen molar-refractivity contribution in [1.29, 1.82) is 0 Å². The maximum Gasteiger partial charge on any atom is 0.418 e. The molecule has 0 aromatic heterocycles. The highest BCUT2D eigenvalue weighted by Crippen LogP contribution is 2.32. The lowest BCUT2D eigenvalue weighted by atomic mass is 9.89. The van der Waals surface area contributed by atoms with Crippen molar-refractivity contribution >= 4 is 19.0 Å². The summed E-state index contributed by atoms with van der Waals surface area (Å²) in [6.07, 6.45) is -4.44. The van der Waals surface area contributed by atoms with Gasteiger partial charge in [-0.25, -0.2) is 0 Å². The first kappa shape index (κ1) is 9.96. The molecule has 68 valence electrons. The van der Waals surface area contributed by atoms with Crippen LogP contribution in [0.4, 0.5) is 18.9 Å². The fraction of sp³-hybridized carbons (Fsp3) is 0.250. The van der Waals surface area contributed by atoms with Crippen LogP contribution in [0.15, 0.2) is 12.1 Å². The molecule has 1 nitrogen and oxygen atoms in total. The summed E-state index contributed by atoms with van der Waals surface area (Å²) >= 11 is 0. The molecule has 0 unspecified atom stereocenters. The molecule has 1 aromatic rings. The van der Waals surface area contributed by atoms with Crippen LogP contribution in [0.25, 0.3) is 0 Å². The Balaban J connectivity index is 3.37. The Hall–Kier alpha value is -1.13. The number of alkyl halides is 3. The molecule has 0 aliphatic rings. The van der Waals surface area contributed by atoms with Crippen molar-refractivity contribution in [2.75, 3.05) is 5.73 Å². The van der Waals surface area contributed by atoms with Gasteiger partial charge >= 0.3 is 6.18 Å². The van der Waals surface area contributed by atoms with Crippen molar-refractivity contribution < 1.29 is 13.2 Å². The molecule has 2 N–H and O–H groups in total. The van der Waals surface area contributed by atoms with E-state index in [1.54, 1.807) is 0 Å². The van der Waals surface area contributed by atoms with Gasteiger partial charge in [-0.15, -0.1) is 0 Å². The summed E-state index contributed by atoms with van der Waals surface area (Å²) in [7, 11) is 5.29. The van der Waals surface area contributed by atoms with Crippen LogP contribution in [-0.2, 0) is 6.18 Å². The highest BCUT2D eigenvalue weighted by molar-refractivity contribution is 6.35. The van der Waals surface area contributed by atoms with Gasteiger partial charge in [0.15, 0.2) is 0 Å². The van der Waals surface area contributed by atoms with E-state index in [9.17, 15) is 13.2 Å². The van der Waals surface area contributed by atoms with Gasteiger partial charge in [-0.1, -0.05) is 17.1 Å². The topological polar surface area (TPSA) is 26.0 Å². The van der Waals surface area contributed by atoms with Gasteiger partial charge in [0.1, 0.15) is 7.85 Å². The minimum Gasteiger partial charge on any atom is -0.399 e. The molecule has 1 aromatic carbocycles. The third-order valence-electron chi connectivity index (χ3n) is 1.66. The molecule has 1 rings (SSSR count). The van der Waals surface area contributed by atoms with Crippen LogP contribution in [0.1, 0.15) is 11.1 Å². The highest BCUT2D eigenvalue weighted by atomic mass is 19.4. The minimum absolute atomic E-state index is 0.0349. The van der Waals surface area contributed by atoms with Gasteiger partial charge in [-0.05, 0) is 13.0 Å². The average Bonchev–Trinajstić information content (AvgIpc) is 1.94. The quantitative estimate of drug-likeness (QED) is 0.479. The molecule has 0 atom stereocenters. The lowest BCUT2D eigenvalue weighted by Gasteiger charge is -2.13. The highest BCUT2D eigenvalue weighted by Gasteiger charge is 2.33. The number of hydrogen-bond donors (Lipinski definition) is 1. The molecular formula is C8H7BF3N. The van der Waals surface area contributed by atoms with Gasteiger partial charge in [0, 0.05) is 5.69 Å². The summed E-state index contributed by atoms with van der Waals surface area (Å²) in [4.78, 5) is 0. The fourth-order valence-corrected chi connectivity index (χ4v) is 1.06. The van der Waals surface area contributed by atoms with Crippen LogP contribution < -0.4 is 11.2 Å². The van der Waals surface area contributed by atoms with Gasteiger partial charge in [-0.2, -0.15) is 13.2 Å². The summed E-state index contributed by atoms with van der Waals surface area (Å²) in [6.45, 7) is 1.53. The number of rotatable bonds is 0. The lowest BCUT2D eigenvalue weighted by Crippen LogP contribution is -2.18. The van der Waals surface area contributed by atoms with Crippen LogP contribution in [0.5, 0.6) is 0 Å². The largest absolute Gasteiger partial charge is 0.418 e. The van der Waals surface area contributed by atoms with Gasteiger partial charge in [-0.3, -0.25) is 0 Å². The number of nitrogens with two attached hydrogens (primary N) is 1. The van der Waals surface area contributed by atoms with E-state index in [0.717, 1.165) is 6.07 Å². The molecule has 13 heavy (non-hydrogen) atoms. The lowest BCUT2D eigenvalue weighted by molar-refractivity contribution is -0.136. The third-order valence-corrected chi connectivity index (χ3v) is 1.66. The Bertz CT molecular complexity index is 333. The summed E-state index contributed by atoms with van der Waals surface area (Å²) in [6, 6.07) is 2.39. The molecule has 0 bridgehead atoms. The summed E-state index contributed by atoms with van der Waals surface area (Å²) in [5.74, 6) is 0. The summed E-state index contributed by atoms with van der Waals surface area (Å²) in [5.41, 5.74) is 4.33. The predicted molar refractivity (Wildman–Crippen MR) is 46.0 cm³/mol. The summed E-state index contributed by atoms with van der Waals surface area (Å²) in [5, 5.41) is 0. The molecule has 0 fully saturated rings. The SMILES string of the molecule is [B]c1cc(C)cc(C(F)(F)F)c1N. The van der Waals surface area contributed by atoms with Crippen LogP contribution >= 0.6 is 0 Å². The van der Waals surface area contributed by atoms with E-state index >= 15 is 0 Å². The number of nitrogen functional groups attached to an aromatic ring is 1. The molecule has 2 radical (unpaired) electrons. The Morgan fingerprint density at radius 3 is 2.31 bits per heavy atom. The zero-order valence-electron chi connectivity index (χ0n) is 6.94. The number of aryl methyl sites for hydroxylation is 1. The van der Waals surface area contributed by atoms with E-state index in [1.165, 1.54) is 13.0 Å². The van der Waals surface area contributed by atoms with Crippen molar-refractivity contribution in [2.24, 2.45) is 0 Å². The Morgan fingerprint density at radius 2 is 1.85 bits per heavy atom. The van der Waals surface area contributed by atoms with Gasteiger partial charge in [0.25, 0.3) is 0 Å². The number of halogens is 3. The minimum atomic E-state index is -4.44. The Labute approximate surface area is 75.1 Å². The second-order valence-electron chi connectivity index (χ2n) is 2.81. The van der Waals surface area contributed by atoms with Crippen molar-refractivity contribution in [3.8, 4) is 0 Å². The van der Waals surface area contributed by atoms with Crippen molar-refractivity contribution in [3.63, 3.8) is 0 Å². The van der Waals surface area contributed by atoms with Crippen LogP contribution in [0.2, 0.25) is 0 Å². The smallest absolute Gasteiger partial charge is 0.399 e. The Morgan fingerprint density at radius 1 is 1.31 bits per heavy atom. The zero-order chi connectivity index (χ0) is 10.2. The predicted octanol–water partition coefficient (Wildman–Crippen LogP) is 1.39. The molecule has 5 heteroatoms. The maximum absolute atomic E-state index is 12.3. The standard InChI is InChI=1S/C8H7BF3N/c1-4-2-5(8(10,11)12)7(13)6(9)3-4/h2-3H,13H2,1H3. The van der Waals surface area contributed by atoms with Gasteiger partial charge in [0.05, 0.1) is 5.56 Å². The molecule has 0 aliphatic carbocycles. The van der Waals surface area contributed by atoms with E-state index in [1.807, 2.05) is 0 Å². The second kappa shape index (κ2) is 2.98. The molecule has 0 saturated carbocycles. The molecule has 0 aliphatic heterocycles. The zero-order valence-corrected chi connectivity index (χ0v) is 6.94. The van der Waals surface area contributed by atoms with Gasteiger partial charge < -0.3 is 5.73 Å². The van der Waals surface area contributed by atoms with Crippen molar-refractivity contribution in [2.45, 2.75) is 13.1 Å². The monoisotopic (exact) mass is 185 g/mol. The summed E-state index contributed by atoms with van der Waals surface area (Å²) < 4.78 is 36.8. The van der Waals surface area contributed by atoms with E-state index in [2.05, 4.69) is 0 Å². The number of hydrogen-bond acceptors (Lipinski definition) is 1. The van der Waals surface area contributed by atoms with E-state index in [-0.39, 0.29) is 5.46 Å². The average molecular weight is 185 g/mol. The normalized spacial score (nSPS) is 11.7. The fourth-order valence-electron chi connectivity index (χ4n) is 1.06. The molecule has 0 heterocycles. The van der Waals surface area contributed by atoms with E-state index in [0.29, 0.717) is 5.56 Å². The van der Waals surface area contributed by atoms with Crippen molar-refractivity contribution in [3.05, 3.63) is 23.3 Å².